The van der Waals surface area contributed by atoms with Gasteiger partial charge in [0.2, 0.25) is 0 Å². The highest BCUT2D eigenvalue weighted by atomic mass is 16.5. The zero-order valence-electron chi connectivity index (χ0n) is 6.43. The summed E-state index contributed by atoms with van der Waals surface area (Å²) in [6.07, 6.45) is 3.47. The van der Waals surface area contributed by atoms with Crippen molar-refractivity contribution in [2.45, 2.75) is 26.2 Å². The third kappa shape index (κ3) is 5.35. The standard InChI is InChI=1S/C8H14O2/c1-3-8(9)6-5-7-10-4-2/h4H,2-3,5-7H2,1H3. The van der Waals surface area contributed by atoms with Gasteiger partial charge >= 0.3 is 0 Å². The van der Waals surface area contributed by atoms with Crippen LogP contribution in [0.5, 0.6) is 0 Å². The summed E-state index contributed by atoms with van der Waals surface area (Å²) >= 11 is 0. The van der Waals surface area contributed by atoms with Gasteiger partial charge in [-0.1, -0.05) is 13.5 Å². The summed E-state index contributed by atoms with van der Waals surface area (Å²) in [7, 11) is 0. The topological polar surface area (TPSA) is 26.3 Å². The van der Waals surface area contributed by atoms with Crippen LogP contribution in [0.25, 0.3) is 0 Å². The van der Waals surface area contributed by atoms with Crippen molar-refractivity contribution in [3.8, 4) is 0 Å². The van der Waals surface area contributed by atoms with Crippen LogP contribution in [0.2, 0.25) is 0 Å². The van der Waals surface area contributed by atoms with Crippen molar-refractivity contribution in [1.29, 1.82) is 0 Å². The number of hydrogen-bond acceptors (Lipinski definition) is 2. The smallest absolute Gasteiger partial charge is 0.132 e. The molecule has 0 saturated carbocycles. The van der Waals surface area contributed by atoms with E-state index in [1.165, 1.54) is 6.26 Å². The van der Waals surface area contributed by atoms with Crippen molar-refractivity contribution < 1.29 is 9.53 Å². The van der Waals surface area contributed by atoms with E-state index in [-0.39, 0.29) is 0 Å². The number of ketones is 1. The van der Waals surface area contributed by atoms with Crippen LogP contribution in [-0.2, 0) is 9.53 Å². The highest BCUT2D eigenvalue weighted by Crippen LogP contribution is 1.94. The van der Waals surface area contributed by atoms with E-state index in [9.17, 15) is 4.79 Å². The molecule has 0 aromatic rings. The molecule has 0 aliphatic rings. The number of Topliss-reactive ketones (excluding diaryl/α,β-unsaturated/α-hetero) is 1. The summed E-state index contributed by atoms with van der Waals surface area (Å²) in [5, 5.41) is 0. The Morgan fingerprint density at radius 2 is 2.40 bits per heavy atom. The van der Waals surface area contributed by atoms with Crippen LogP contribution in [0.1, 0.15) is 26.2 Å². The van der Waals surface area contributed by atoms with Gasteiger partial charge < -0.3 is 4.74 Å². The van der Waals surface area contributed by atoms with Crippen LogP contribution in [0.15, 0.2) is 12.8 Å². The zero-order chi connectivity index (χ0) is 7.82. The molecule has 0 aliphatic carbocycles. The minimum absolute atomic E-state index is 0.299. The predicted octanol–water partition coefficient (Wildman–Crippen LogP) is 1.91. The Morgan fingerprint density at radius 3 is 2.90 bits per heavy atom. The molecule has 10 heavy (non-hydrogen) atoms. The van der Waals surface area contributed by atoms with Crippen molar-refractivity contribution in [1.82, 2.24) is 0 Å². The molecule has 0 spiro atoms. The van der Waals surface area contributed by atoms with Gasteiger partial charge in [-0.15, -0.1) is 0 Å². The second kappa shape index (κ2) is 6.33. The lowest BCUT2D eigenvalue weighted by Gasteiger charge is -1.97. The molecule has 0 unspecified atom stereocenters. The largest absolute Gasteiger partial charge is 0.502 e. The molecule has 0 bridgehead atoms. The van der Waals surface area contributed by atoms with Crippen molar-refractivity contribution >= 4 is 5.78 Å². The quantitative estimate of drug-likeness (QED) is 0.418. The zero-order valence-corrected chi connectivity index (χ0v) is 6.43. The molecule has 58 valence electrons. The van der Waals surface area contributed by atoms with Gasteiger partial charge in [-0.05, 0) is 6.42 Å². The van der Waals surface area contributed by atoms with E-state index in [1.807, 2.05) is 6.92 Å². The molecule has 0 atom stereocenters. The van der Waals surface area contributed by atoms with E-state index in [0.29, 0.717) is 25.2 Å². The Morgan fingerprint density at radius 1 is 1.70 bits per heavy atom. The average molecular weight is 142 g/mol. The first-order valence-electron chi connectivity index (χ1n) is 3.55. The lowest BCUT2D eigenvalue weighted by molar-refractivity contribution is -0.119. The highest BCUT2D eigenvalue weighted by molar-refractivity contribution is 5.77. The summed E-state index contributed by atoms with van der Waals surface area (Å²) < 4.78 is 4.84. The molecule has 0 rings (SSSR count). The van der Waals surface area contributed by atoms with E-state index in [2.05, 4.69) is 6.58 Å². The highest BCUT2D eigenvalue weighted by Gasteiger charge is 1.95. The first-order valence-corrected chi connectivity index (χ1v) is 3.55. The van der Waals surface area contributed by atoms with E-state index >= 15 is 0 Å². The van der Waals surface area contributed by atoms with Crippen LogP contribution in [0, 0.1) is 0 Å². The molecule has 2 heteroatoms. The maximum Gasteiger partial charge on any atom is 0.132 e. The van der Waals surface area contributed by atoms with Crippen LogP contribution < -0.4 is 0 Å². The van der Waals surface area contributed by atoms with Crippen molar-refractivity contribution in [3.05, 3.63) is 12.8 Å². The number of hydrogen-bond donors (Lipinski definition) is 0. The van der Waals surface area contributed by atoms with Crippen molar-refractivity contribution in [2.24, 2.45) is 0 Å². The van der Waals surface area contributed by atoms with Gasteiger partial charge in [-0.3, -0.25) is 4.79 Å². The fraction of sp³-hybridized carbons (Fsp3) is 0.625. The number of ether oxygens (including phenoxy) is 1. The summed E-state index contributed by atoms with van der Waals surface area (Å²) in [6, 6.07) is 0. The molecular weight excluding hydrogens is 128 g/mol. The van der Waals surface area contributed by atoms with Crippen LogP contribution >= 0.6 is 0 Å². The predicted molar refractivity (Wildman–Crippen MR) is 40.7 cm³/mol. The minimum atomic E-state index is 0.299. The average Bonchev–Trinajstić information content (AvgIpc) is 1.98. The molecule has 0 aromatic heterocycles. The Labute approximate surface area is 61.9 Å². The summed E-state index contributed by atoms with van der Waals surface area (Å²) in [4.78, 5) is 10.7. The first kappa shape index (κ1) is 9.21. The molecule has 0 N–H and O–H groups in total. The Balaban J connectivity index is 3.03. The van der Waals surface area contributed by atoms with E-state index in [0.717, 1.165) is 6.42 Å². The fourth-order valence-electron chi connectivity index (χ4n) is 0.613. The number of carbonyl (C=O) groups is 1. The Hall–Kier alpha value is -0.790. The van der Waals surface area contributed by atoms with Gasteiger partial charge in [0, 0.05) is 12.8 Å². The van der Waals surface area contributed by atoms with Gasteiger partial charge in [-0.2, -0.15) is 0 Å². The second-order valence-electron chi connectivity index (χ2n) is 2.03. The minimum Gasteiger partial charge on any atom is -0.502 e. The first-order chi connectivity index (χ1) is 4.81. The van der Waals surface area contributed by atoms with Gasteiger partial charge in [-0.25, -0.2) is 0 Å². The maximum absolute atomic E-state index is 10.7. The number of carbonyl (C=O) groups excluding carboxylic acids is 1. The maximum atomic E-state index is 10.7. The van der Waals surface area contributed by atoms with Crippen molar-refractivity contribution in [2.75, 3.05) is 6.61 Å². The van der Waals surface area contributed by atoms with Crippen molar-refractivity contribution in [3.63, 3.8) is 0 Å². The molecule has 2 nitrogen and oxygen atoms in total. The molecule has 0 aromatic carbocycles. The lowest BCUT2D eigenvalue weighted by atomic mass is 10.2. The Kier molecular flexibility index (Phi) is 5.83. The molecule has 0 aliphatic heterocycles. The summed E-state index contributed by atoms with van der Waals surface area (Å²) in [6.45, 7) is 5.87. The normalized spacial score (nSPS) is 8.90. The van der Waals surface area contributed by atoms with Crippen LogP contribution in [-0.4, -0.2) is 12.4 Å². The molecule has 0 radical (unpaired) electrons. The lowest BCUT2D eigenvalue weighted by Crippen LogP contribution is -1.97. The van der Waals surface area contributed by atoms with E-state index in [1.54, 1.807) is 0 Å². The van der Waals surface area contributed by atoms with Gasteiger partial charge in [0.1, 0.15) is 5.78 Å². The molecule has 0 fully saturated rings. The molecule has 0 saturated heterocycles. The van der Waals surface area contributed by atoms with Crippen LogP contribution in [0.3, 0.4) is 0 Å². The van der Waals surface area contributed by atoms with E-state index in [4.69, 9.17) is 4.74 Å². The number of rotatable bonds is 6. The van der Waals surface area contributed by atoms with Gasteiger partial charge in [0.05, 0.1) is 12.9 Å². The van der Waals surface area contributed by atoms with Gasteiger partial charge in [0.15, 0.2) is 0 Å². The summed E-state index contributed by atoms with van der Waals surface area (Å²) in [5.74, 6) is 0.299. The summed E-state index contributed by atoms with van der Waals surface area (Å²) in [5.41, 5.74) is 0. The van der Waals surface area contributed by atoms with E-state index < -0.39 is 0 Å². The van der Waals surface area contributed by atoms with Gasteiger partial charge in [0.25, 0.3) is 0 Å². The molecule has 0 heterocycles. The van der Waals surface area contributed by atoms with Crippen LogP contribution in [0.4, 0.5) is 0 Å². The Bertz CT molecular complexity index is 108. The SMILES string of the molecule is C=COCCCC(=O)CC. The third-order valence-corrected chi connectivity index (χ3v) is 1.23. The third-order valence-electron chi connectivity index (χ3n) is 1.23. The molecule has 0 amide bonds. The molecular formula is C8H14O2. The second-order valence-corrected chi connectivity index (χ2v) is 2.03. The monoisotopic (exact) mass is 142 g/mol. The fourth-order valence-corrected chi connectivity index (χ4v) is 0.613.